The molecule has 0 spiro atoms. The van der Waals surface area contributed by atoms with E-state index in [0.717, 1.165) is 16.6 Å². The van der Waals surface area contributed by atoms with Crippen molar-refractivity contribution >= 4 is 11.0 Å². The summed E-state index contributed by atoms with van der Waals surface area (Å²) in [5, 5.41) is 0. The van der Waals surface area contributed by atoms with Gasteiger partial charge in [-0.3, -0.25) is 9.78 Å². The topological polar surface area (TPSA) is 58.6 Å². The van der Waals surface area contributed by atoms with Gasteiger partial charge in [0.15, 0.2) is 0 Å². The smallest absolute Gasteiger partial charge is 0.266 e. The van der Waals surface area contributed by atoms with Crippen LogP contribution < -0.4 is 5.56 Å². The number of pyridine rings is 1. The Morgan fingerprint density at radius 1 is 1.33 bits per heavy atom. The van der Waals surface area contributed by atoms with Crippen LogP contribution in [0.15, 0.2) is 23.4 Å². The summed E-state index contributed by atoms with van der Waals surface area (Å²) in [4.78, 5) is 21.5. The Kier molecular flexibility index (Phi) is 1.40. The summed E-state index contributed by atoms with van der Waals surface area (Å²) < 4.78 is 0. The van der Waals surface area contributed by atoms with Crippen molar-refractivity contribution in [3.63, 3.8) is 0 Å². The Labute approximate surface area is 68.3 Å². The van der Waals surface area contributed by atoms with E-state index in [9.17, 15) is 4.79 Å². The van der Waals surface area contributed by atoms with Gasteiger partial charge in [-0.05, 0) is 12.5 Å². The number of rotatable bonds is 0. The Balaban J connectivity index is 2.97. The first-order chi connectivity index (χ1) is 5.77. The zero-order chi connectivity index (χ0) is 8.55. The van der Waals surface area contributed by atoms with Crippen LogP contribution in [0.3, 0.4) is 0 Å². The molecule has 0 fully saturated rings. The zero-order valence-electron chi connectivity index (χ0n) is 6.53. The first-order valence-electron chi connectivity index (χ1n) is 3.57. The SMILES string of the molecule is Cc1cncc2ncc(=O)[nH]c12. The van der Waals surface area contributed by atoms with Gasteiger partial charge in [0.25, 0.3) is 5.56 Å². The molecule has 2 heterocycles. The highest BCUT2D eigenvalue weighted by atomic mass is 16.1. The van der Waals surface area contributed by atoms with E-state index < -0.39 is 0 Å². The second-order valence-corrected chi connectivity index (χ2v) is 2.60. The molecule has 2 rings (SSSR count). The molecule has 1 N–H and O–H groups in total. The van der Waals surface area contributed by atoms with Crippen molar-refractivity contribution in [3.05, 3.63) is 34.5 Å². The zero-order valence-corrected chi connectivity index (χ0v) is 6.53. The maximum absolute atomic E-state index is 10.9. The van der Waals surface area contributed by atoms with Crippen LogP contribution in [0, 0.1) is 6.92 Å². The van der Waals surface area contributed by atoms with E-state index in [4.69, 9.17) is 0 Å². The van der Waals surface area contributed by atoms with Crippen molar-refractivity contribution in [1.82, 2.24) is 15.0 Å². The molecule has 0 saturated heterocycles. The summed E-state index contributed by atoms with van der Waals surface area (Å²) in [5.41, 5.74) is 2.22. The molecule has 0 atom stereocenters. The van der Waals surface area contributed by atoms with Gasteiger partial charge in [-0.1, -0.05) is 0 Å². The maximum Gasteiger partial charge on any atom is 0.266 e. The fraction of sp³-hybridized carbons (Fsp3) is 0.125. The number of hydrogen-bond donors (Lipinski definition) is 1. The molecule has 12 heavy (non-hydrogen) atoms. The lowest BCUT2D eigenvalue weighted by Crippen LogP contribution is -2.05. The number of aromatic nitrogens is 3. The number of aryl methyl sites for hydroxylation is 1. The fourth-order valence-corrected chi connectivity index (χ4v) is 1.09. The highest BCUT2D eigenvalue weighted by Gasteiger charge is 1.97. The molecule has 0 aliphatic heterocycles. The third kappa shape index (κ3) is 0.972. The third-order valence-corrected chi connectivity index (χ3v) is 1.68. The first-order valence-corrected chi connectivity index (χ1v) is 3.57. The highest BCUT2D eigenvalue weighted by molar-refractivity contribution is 5.75. The van der Waals surface area contributed by atoms with Gasteiger partial charge in [0, 0.05) is 6.20 Å². The fourth-order valence-electron chi connectivity index (χ4n) is 1.09. The van der Waals surface area contributed by atoms with Crippen LogP contribution >= 0.6 is 0 Å². The van der Waals surface area contributed by atoms with Crippen LogP contribution in [0.1, 0.15) is 5.56 Å². The minimum Gasteiger partial charge on any atom is -0.319 e. The van der Waals surface area contributed by atoms with Gasteiger partial charge < -0.3 is 4.98 Å². The molecule has 0 aliphatic carbocycles. The van der Waals surface area contributed by atoms with Crippen molar-refractivity contribution in [2.75, 3.05) is 0 Å². The van der Waals surface area contributed by atoms with Crippen LogP contribution in [-0.4, -0.2) is 15.0 Å². The van der Waals surface area contributed by atoms with Crippen LogP contribution in [-0.2, 0) is 0 Å². The van der Waals surface area contributed by atoms with Crippen molar-refractivity contribution in [3.8, 4) is 0 Å². The summed E-state index contributed by atoms with van der Waals surface area (Å²) in [7, 11) is 0. The van der Waals surface area contributed by atoms with E-state index in [2.05, 4.69) is 15.0 Å². The average Bonchev–Trinajstić information content (AvgIpc) is 2.07. The summed E-state index contributed by atoms with van der Waals surface area (Å²) in [6, 6.07) is 0. The molecule has 60 valence electrons. The second kappa shape index (κ2) is 2.41. The Bertz CT molecular complexity index is 475. The molecule has 4 heteroatoms. The molecule has 0 unspecified atom stereocenters. The molecule has 0 aliphatic rings. The van der Waals surface area contributed by atoms with E-state index in [-0.39, 0.29) is 5.56 Å². The van der Waals surface area contributed by atoms with Crippen LogP contribution in [0.25, 0.3) is 11.0 Å². The Morgan fingerprint density at radius 2 is 2.17 bits per heavy atom. The molecule has 0 bridgehead atoms. The number of H-pyrrole nitrogens is 1. The van der Waals surface area contributed by atoms with Crippen LogP contribution in [0.5, 0.6) is 0 Å². The van der Waals surface area contributed by atoms with Gasteiger partial charge >= 0.3 is 0 Å². The molecule has 0 saturated carbocycles. The van der Waals surface area contributed by atoms with Crippen molar-refractivity contribution in [2.45, 2.75) is 6.92 Å². The number of fused-ring (bicyclic) bond motifs is 1. The quantitative estimate of drug-likeness (QED) is 0.616. The molecular formula is C8H7N3O. The second-order valence-electron chi connectivity index (χ2n) is 2.60. The van der Waals surface area contributed by atoms with E-state index >= 15 is 0 Å². The minimum atomic E-state index is -0.184. The maximum atomic E-state index is 10.9. The van der Waals surface area contributed by atoms with E-state index in [1.807, 2.05) is 6.92 Å². The lowest BCUT2D eigenvalue weighted by molar-refractivity contribution is 1.17. The molecule has 4 nitrogen and oxygen atoms in total. The van der Waals surface area contributed by atoms with Crippen molar-refractivity contribution < 1.29 is 0 Å². The van der Waals surface area contributed by atoms with Gasteiger partial charge in [-0.15, -0.1) is 0 Å². The number of aromatic amines is 1. The molecular weight excluding hydrogens is 154 g/mol. The highest BCUT2D eigenvalue weighted by Crippen LogP contribution is 2.07. The van der Waals surface area contributed by atoms with Gasteiger partial charge in [0.1, 0.15) is 5.52 Å². The molecule has 0 amide bonds. The van der Waals surface area contributed by atoms with Crippen LogP contribution in [0.4, 0.5) is 0 Å². The standard InChI is InChI=1S/C8H7N3O/c1-5-2-9-3-6-8(5)11-7(12)4-10-6/h2-4H,1H3,(H,11,12). The molecule has 2 aromatic heterocycles. The van der Waals surface area contributed by atoms with Gasteiger partial charge in [0.05, 0.1) is 17.9 Å². The van der Waals surface area contributed by atoms with E-state index in [1.165, 1.54) is 6.20 Å². The Morgan fingerprint density at radius 3 is 3.00 bits per heavy atom. The van der Waals surface area contributed by atoms with Crippen LogP contribution in [0.2, 0.25) is 0 Å². The molecule has 2 aromatic rings. The van der Waals surface area contributed by atoms with Gasteiger partial charge in [-0.25, -0.2) is 4.98 Å². The van der Waals surface area contributed by atoms with Gasteiger partial charge in [-0.2, -0.15) is 0 Å². The lowest BCUT2D eigenvalue weighted by Gasteiger charge is -1.97. The normalized spacial score (nSPS) is 10.4. The van der Waals surface area contributed by atoms with Gasteiger partial charge in [0.2, 0.25) is 0 Å². The summed E-state index contributed by atoms with van der Waals surface area (Å²) in [6.07, 6.45) is 4.57. The molecule has 0 radical (unpaired) electrons. The third-order valence-electron chi connectivity index (χ3n) is 1.68. The summed E-state index contributed by atoms with van der Waals surface area (Å²) in [5.74, 6) is 0. The molecule has 0 aromatic carbocycles. The average molecular weight is 161 g/mol. The monoisotopic (exact) mass is 161 g/mol. The Hall–Kier alpha value is -1.71. The number of nitrogens with one attached hydrogen (secondary N) is 1. The number of nitrogens with zero attached hydrogens (tertiary/aromatic N) is 2. The minimum absolute atomic E-state index is 0.184. The predicted octanol–water partition coefficient (Wildman–Crippen LogP) is 0.627. The predicted molar refractivity (Wildman–Crippen MR) is 44.9 cm³/mol. The summed E-state index contributed by atoms with van der Waals surface area (Å²) in [6.45, 7) is 1.88. The summed E-state index contributed by atoms with van der Waals surface area (Å²) >= 11 is 0. The van der Waals surface area contributed by atoms with E-state index in [0.29, 0.717) is 0 Å². The largest absolute Gasteiger partial charge is 0.319 e. The first kappa shape index (κ1) is 6.97. The van der Waals surface area contributed by atoms with E-state index in [1.54, 1.807) is 12.4 Å². The van der Waals surface area contributed by atoms with Crippen molar-refractivity contribution in [2.24, 2.45) is 0 Å². The van der Waals surface area contributed by atoms with Crippen molar-refractivity contribution in [1.29, 1.82) is 0 Å². The number of hydrogen-bond acceptors (Lipinski definition) is 3. The lowest BCUT2D eigenvalue weighted by atomic mass is 10.2.